The third-order valence-corrected chi connectivity index (χ3v) is 4.47. The van der Waals surface area contributed by atoms with Crippen LogP contribution in [0.3, 0.4) is 0 Å². The minimum Gasteiger partial charge on any atom is -0.476 e. The molecule has 0 fully saturated rings. The Kier molecular flexibility index (Phi) is 5.77. The Labute approximate surface area is 130 Å². The van der Waals surface area contributed by atoms with E-state index in [0.29, 0.717) is 23.7 Å². The molecular formula is C14H14N2O3S2. The number of aromatic nitrogens is 1. The van der Waals surface area contributed by atoms with Crippen LogP contribution in [0.15, 0.2) is 40.6 Å². The predicted octanol–water partition coefficient (Wildman–Crippen LogP) is 2.29. The molecule has 0 unspecified atom stereocenters. The Bertz CT molecular complexity index is 614. The van der Waals surface area contributed by atoms with Gasteiger partial charge in [-0.1, -0.05) is 18.2 Å². The van der Waals surface area contributed by atoms with Crippen LogP contribution < -0.4 is 5.32 Å². The molecule has 21 heavy (non-hydrogen) atoms. The number of hydrogen-bond acceptors (Lipinski definition) is 5. The number of carbonyl (C=O) groups is 2. The molecule has 0 saturated heterocycles. The van der Waals surface area contributed by atoms with Crippen LogP contribution in [0.5, 0.6) is 0 Å². The number of rotatable bonds is 7. The highest BCUT2D eigenvalue weighted by Gasteiger charge is 2.09. The van der Waals surface area contributed by atoms with Gasteiger partial charge in [0, 0.05) is 23.2 Å². The first kappa shape index (κ1) is 15.5. The number of carboxylic acids is 1. The zero-order valence-corrected chi connectivity index (χ0v) is 12.7. The van der Waals surface area contributed by atoms with E-state index in [1.807, 2.05) is 30.3 Å². The van der Waals surface area contributed by atoms with Crippen LogP contribution >= 0.6 is 23.1 Å². The molecule has 0 aliphatic rings. The monoisotopic (exact) mass is 322 g/mol. The van der Waals surface area contributed by atoms with Gasteiger partial charge in [0.2, 0.25) is 5.91 Å². The lowest BCUT2D eigenvalue weighted by Crippen LogP contribution is -2.27. The molecule has 1 aromatic carbocycles. The van der Waals surface area contributed by atoms with Crippen molar-refractivity contribution in [2.24, 2.45) is 0 Å². The summed E-state index contributed by atoms with van der Waals surface area (Å²) in [4.78, 5) is 27.4. The van der Waals surface area contributed by atoms with Crippen LogP contribution in [0.25, 0.3) is 0 Å². The molecule has 1 amide bonds. The van der Waals surface area contributed by atoms with Crippen molar-refractivity contribution in [1.29, 1.82) is 0 Å². The third kappa shape index (κ3) is 5.20. The topological polar surface area (TPSA) is 79.3 Å². The number of carbonyl (C=O) groups excluding carboxylic acids is 1. The first-order valence-corrected chi connectivity index (χ1v) is 8.14. The van der Waals surface area contributed by atoms with Crippen molar-refractivity contribution in [1.82, 2.24) is 10.3 Å². The molecule has 7 heteroatoms. The highest BCUT2D eigenvalue weighted by Crippen LogP contribution is 2.16. The third-order valence-electron chi connectivity index (χ3n) is 2.55. The van der Waals surface area contributed by atoms with Crippen molar-refractivity contribution in [2.45, 2.75) is 11.3 Å². The summed E-state index contributed by atoms with van der Waals surface area (Å²) in [5.41, 5.74) is 0.0564. The lowest BCUT2D eigenvalue weighted by atomic mass is 10.4. The molecule has 0 aliphatic heterocycles. The second-order valence-electron chi connectivity index (χ2n) is 4.13. The number of nitrogens with one attached hydrogen (secondary N) is 1. The number of thiazole rings is 1. The first-order chi connectivity index (χ1) is 10.1. The van der Waals surface area contributed by atoms with Crippen LogP contribution in [0.2, 0.25) is 0 Å². The van der Waals surface area contributed by atoms with Crippen molar-refractivity contribution >= 4 is 35.0 Å². The molecule has 2 aromatic rings. The highest BCUT2D eigenvalue weighted by molar-refractivity contribution is 8.00. The van der Waals surface area contributed by atoms with Gasteiger partial charge in [-0.3, -0.25) is 4.79 Å². The zero-order chi connectivity index (χ0) is 15.1. The Morgan fingerprint density at radius 1 is 1.29 bits per heavy atom. The van der Waals surface area contributed by atoms with Gasteiger partial charge in [0.1, 0.15) is 0 Å². The Morgan fingerprint density at radius 3 is 2.71 bits per heavy atom. The zero-order valence-electron chi connectivity index (χ0n) is 11.1. The minimum atomic E-state index is -1.03. The first-order valence-electron chi connectivity index (χ1n) is 6.27. The fourth-order valence-electron chi connectivity index (χ4n) is 1.55. The standard InChI is InChI=1S/C14H14N2O3S2/c17-12(9-20-10-4-2-1-3-5-10)15-7-6-13-16-11(8-21-13)14(18)19/h1-5,8H,6-7,9H2,(H,15,17)(H,18,19). The van der Waals surface area contributed by atoms with Gasteiger partial charge in [-0.2, -0.15) is 0 Å². The number of aromatic carboxylic acids is 1. The van der Waals surface area contributed by atoms with Crippen molar-refractivity contribution in [3.05, 3.63) is 46.4 Å². The van der Waals surface area contributed by atoms with E-state index in [9.17, 15) is 9.59 Å². The largest absolute Gasteiger partial charge is 0.476 e. The van der Waals surface area contributed by atoms with Gasteiger partial charge in [-0.25, -0.2) is 9.78 Å². The summed E-state index contributed by atoms with van der Waals surface area (Å²) in [5, 5.41) is 13.8. The smallest absolute Gasteiger partial charge is 0.355 e. The van der Waals surface area contributed by atoms with Crippen LogP contribution in [0.4, 0.5) is 0 Å². The molecule has 1 aromatic heterocycles. The summed E-state index contributed by atoms with van der Waals surface area (Å²) in [6.07, 6.45) is 0.541. The highest BCUT2D eigenvalue weighted by atomic mass is 32.2. The molecule has 0 radical (unpaired) electrons. The van der Waals surface area contributed by atoms with E-state index in [1.165, 1.54) is 28.5 Å². The van der Waals surface area contributed by atoms with Gasteiger partial charge in [0.25, 0.3) is 0 Å². The minimum absolute atomic E-state index is 0.0427. The van der Waals surface area contributed by atoms with Crippen molar-refractivity contribution < 1.29 is 14.7 Å². The van der Waals surface area contributed by atoms with Gasteiger partial charge in [-0.05, 0) is 12.1 Å². The summed E-state index contributed by atoms with van der Waals surface area (Å²) in [5.74, 6) is -0.706. The SMILES string of the molecule is O=C(CSc1ccccc1)NCCc1nc(C(=O)O)cs1. The van der Waals surface area contributed by atoms with E-state index in [0.717, 1.165) is 4.90 Å². The van der Waals surface area contributed by atoms with E-state index < -0.39 is 5.97 Å². The quantitative estimate of drug-likeness (QED) is 0.765. The molecule has 0 saturated carbocycles. The summed E-state index contributed by atoms with van der Waals surface area (Å²) >= 11 is 2.77. The summed E-state index contributed by atoms with van der Waals surface area (Å²) in [6.45, 7) is 0.459. The van der Waals surface area contributed by atoms with Crippen molar-refractivity contribution in [3.8, 4) is 0 Å². The molecule has 5 nitrogen and oxygen atoms in total. The van der Waals surface area contributed by atoms with Gasteiger partial charge in [0.15, 0.2) is 5.69 Å². The Balaban J connectivity index is 1.68. The second-order valence-corrected chi connectivity index (χ2v) is 6.12. The maximum absolute atomic E-state index is 11.7. The van der Waals surface area contributed by atoms with Crippen LogP contribution in [0, 0.1) is 0 Å². The Morgan fingerprint density at radius 2 is 2.05 bits per heavy atom. The van der Waals surface area contributed by atoms with E-state index in [1.54, 1.807) is 0 Å². The summed E-state index contributed by atoms with van der Waals surface area (Å²) < 4.78 is 0. The second kappa shape index (κ2) is 7.80. The summed E-state index contributed by atoms with van der Waals surface area (Å²) in [6, 6.07) is 9.72. The Hall–Kier alpha value is -1.86. The number of amides is 1. The molecule has 1 heterocycles. The van der Waals surface area contributed by atoms with E-state index >= 15 is 0 Å². The maximum atomic E-state index is 11.7. The summed E-state index contributed by atoms with van der Waals surface area (Å²) in [7, 11) is 0. The predicted molar refractivity (Wildman–Crippen MR) is 83.0 cm³/mol. The number of hydrogen-bond donors (Lipinski definition) is 2. The number of thioether (sulfide) groups is 1. The van der Waals surface area contributed by atoms with Crippen LogP contribution in [-0.4, -0.2) is 34.3 Å². The van der Waals surface area contributed by atoms with Crippen molar-refractivity contribution in [2.75, 3.05) is 12.3 Å². The molecular weight excluding hydrogens is 308 g/mol. The van der Waals surface area contributed by atoms with E-state index in [2.05, 4.69) is 10.3 Å². The van der Waals surface area contributed by atoms with Gasteiger partial charge in [-0.15, -0.1) is 23.1 Å². The maximum Gasteiger partial charge on any atom is 0.355 e. The average molecular weight is 322 g/mol. The van der Waals surface area contributed by atoms with Gasteiger partial charge in [0.05, 0.1) is 10.8 Å². The lowest BCUT2D eigenvalue weighted by Gasteiger charge is -2.03. The molecule has 0 spiro atoms. The number of nitrogens with zero attached hydrogens (tertiary/aromatic N) is 1. The number of benzene rings is 1. The molecule has 2 N–H and O–H groups in total. The van der Waals surface area contributed by atoms with E-state index in [4.69, 9.17) is 5.11 Å². The normalized spacial score (nSPS) is 10.3. The fraction of sp³-hybridized carbons (Fsp3) is 0.214. The molecule has 0 aliphatic carbocycles. The number of carboxylic acid groups (broad SMARTS) is 1. The lowest BCUT2D eigenvalue weighted by molar-refractivity contribution is -0.118. The van der Waals surface area contributed by atoms with Crippen molar-refractivity contribution in [3.63, 3.8) is 0 Å². The molecule has 110 valence electrons. The van der Waals surface area contributed by atoms with Gasteiger partial charge >= 0.3 is 5.97 Å². The fourth-order valence-corrected chi connectivity index (χ4v) is 3.07. The molecule has 2 rings (SSSR count). The van der Waals surface area contributed by atoms with Crippen LogP contribution in [-0.2, 0) is 11.2 Å². The average Bonchev–Trinajstić information content (AvgIpc) is 2.95. The van der Waals surface area contributed by atoms with Crippen LogP contribution in [0.1, 0.15) is 15.5 Å². The van der Waals surface area contributed by atoms with E-state index in [-0.39, 0.29) is 11.6 Å². The van der Waals surface area contributed by atoms with Gasteiger partial charge < -0.3 is 10.4 Å². The molecule has 0 bridgehead atoms. The molecule has 0 atom stereocenters.